The minimum atomic E-state index is -0.526. The van der Waals surface area contributed by atoms with Gasteiger partial charge in [0.2, 0.25) is 5.91 Å². The molecule has 1 aromatic rings. The predicted octanol–water partition coefficient (Wildman–Crippen LogP) is 1.12. The molecular formula is C13H17FN2O2. The molecule has 18 heavy (non-hydrogen) atoms. The Bertz CT molecular complexity index is 447. The van der Waals surface area contributed by atoms with Crippen LogP contribution in [0.25, 0.3) is 0 Å². The predicted molar refractivity (Wildman–Crippen MR) is 65.8 cm³/mol. The summed E-state index contributed by atoms with van der Waals surface area (Å²) in [6, 6.07) is 4.46. The van der Waals surface area contributed by atoms with Crippen LogP contribution >= 0.6 is 0 Å². The average molecular weight is 252 g/mol. The first-order valence-electron chi connectivity index (χ1n) is 6.00. The zero-order valence-electron chi connectivity index (χ0n) is 10.3. The highest BCUT2D eigenvalue weighted by atomic mass is 19.1. The number of hydrogen-bond acceptors (Lipinski definition) is 3. The number of benzene rings is 1. The van der Waals surface area contributed by atoms with Crippen molar-refractivity contribution in [3.05, 3.63) is 29.6 Å². The van der Waals surface area contributed by atoms with Crippen LogP contribution in [0.3, 0.4) is 0 Å². The van der Waals surface area contributed by atoms with Crippen molar-refractivity contribution >= 4 is 5.91 Å². The van der Waals surface area contributed by atoms with Crippen LogP contribution in [0.2, 0.25) is 0 Å². The van der Waals surface area contributed by atoms with E-state index in [9.17, 15) is 9.18 Å². The zero-order valence-corrected chi connectivity index (χ0v) is 10.3. The molecule has 1 aromatic carbocycles. The van der Waals surface area contributed by atoms with Crippen molar-refractivity contribution in [3.8, 4) is 5.75 Å². The number of hydrogen-bond donors (Lipinski definition) is 2. The summed E-state index contributed by atoms with van der Waals surface area (Å²) in [5.74, 6) is -0.366. The Morgan fingerprint density at radius 3 is 2.89 bits per heavy atom. The highest BCUT2D eigenvalue weighted by Crippen LogP contribution is 2.20. The Morgan fingerprint density at radius 1 is 1.61 bits per heavy atom. The van der Waals surface area contributed by atoms with E-state index in [1.54, 1.807) is 19.1 Å². The molecule has 1 atom stereocenters. The van der Waals surface area contributed by atoms with E-state index < -0.39 is 11.9 Å². The number of carbonyl (C=O) groups is 1. The highest BCUT2D eigenvalue weighted by molar-refractivity contribution is 5.80. The summed E-state index contributed by atoms with van der Waals surface area (Å²) in [7, 11) is 0. The standard InChI is InChI=1S/C13H17FN2O2/c1-8-2-5-10(6-11(8)14)18-7-12(13(15)17)16-9-3-4-9/h2,5-6,9,12,16H,3-4,7H2,1H3,(H2,15,17). The zero-order chi connectivity index (χ0) is 13.1. The second-order valence-corrected chi connectivity index (χ2v) is 4.62. The van der Waals surface area contributed by atoms with Gasteiger partial charge in [-0.05, 0) is 31.4 Å². The van der Waals surface area contributed by atoms with Gasteiger partial charge in [-0.15, -0.1) is 0 Å². The first kappa shape index (κ1) is 12.8. The molecule has 0 aromatic heterocycles. The van der Waals surface area contributed by atoms with Crippen LogP contribution < -0.4 is 15.8 Å². The lowest BCUT2D eigenvalue weighted by atomic mass is 10.2. The number of amides is 1. The fourth-order valence-electron chi connectivity index (χ4n) is 1.59. The van der Waals surface area contributed by atoms with Crippen LogP contribution in [-0.2, 0) is 4.79 Å². The molecule has 1 unspecified atom stereocenters. The first-order valence-corrected chi connectivity index (χ1v) is 6.00. The Kier molecular flexibility index (Phi) is 3.81. The molecule has 1 saturated carbocycles. The monoisotopic (exact) mass is 252 g/mol. The molecule has 4 nitrogen and oxygen atoms in total. The van der Waals surface area contributed by atoms with Crippen molar-refractivity contribution in [2.45, 2.75) is 31.8 Å². The Balaban J connectivity index is 1.91. The summed E-state index contributed by atoms with van der Waals surface area (Å²) in [6.07, 6.45) is 2.12. The van der Waals surface area contributed by atoms with Crippen molar-refractivity contribution in [1.82, 2.24) is 5.32 Å². The van der Waals surface area contributed by atoms with Crippen LogP contribution in [0.15, 0.2) is 18.2 Å². The largest absolute Gasteiger partial charge is 0.491 e. The SMILES string of the molecule is Cc1ccc(OCC(NC2CC2)C(N)=O)cc1F. The third-order valence-electron chi connectivity index (χ3n) is 2.92. The number of primary amides is 1. The van der Waals surface area contributed by atoms with E-state index in [1.165, 1.54) is 6.07 Å². The summed E-state index contributed by atoms with van der Waals surface area (Å²) < 4.78 is 18.7. The molecule has 0 heterocycles. The minimum Gasteiger partial charge on any atom is -0.491 e. The molecule has 1 amide bonds. The molecule has 0 bridgehead atoms. The Hall–Kier alpha value is -1.62. The van der Waals surface area contributed by atoms with E-state index in [1.807, 2.05) is 0 Å². The fourth-order valence-corrected chi connectivity index (χ4v) is 1.59. The van der Waals surface area contributed by atoms with Gasteiger partial charge in [-0.2, -0.15) is 0 Å². The van der Waals surface area contributed by atoms with Gasteiger partial charge in [0.15, 0.2) is 0 Å². The van der Waals surface area contributed by atoms with Gasteiger partial charge in [0.05, 0.1) is 0 Å². The molecule has 5 heteroatoms. The van der Waals surface area contributed by atoms with Crippen molar-refractivity contribution < 1.29 is 13.9 Å². The van der Waals surface area contributed by atoms with E-state index in [2.05, 4.69) is 5.32 Å². The van der Waals surface area contributed by atoms with Crippen molar-refractivity contribution in [2.75, 3.05) is 6.61 Å². The molecule has 0 radical (unpaired) electrons. The first-order chi connectivity index (χ1) is 8.56. The second kappa shape index (κ2) is 5.35. The quantitative estimate of drug-likeness (QED) is 0.797. The summed E-state index contributed by atoms with van der Waals surface area (Å²) >= 11 is 0. The molecule has 0 aliphatic heterocycles. The molecule has 0 spiro atoms. The van der Waals surface area contributed by atoms with E-state index >= 15 is 0 Å². The lowest BCUT2D eigenvalue weighted by molar-refractivity contribution is -0.120. The molecule has 98 valence electrons. The van der Waals surface area contributed by atoms with Gasteiger partial charge in [0.25, 0.3) is 0 Å². The summed E-state index contributed by atoms with van der Waals surface area (Å²) in [5, 5.41) is 3.09. The third-order valence-corrected chi connectivity index (χ3v) is 2.92. The molecule has 1 aliphatic carbocycles. The van der Waals surface area contributed by atoms with Crippen molar-refractivity contribution in [2.24, 2.45) is 5.73 Å². The molecule has 2 rings (SSSR count). The van der Waals surface area contributed by atoms with E-state index in [4.69, 9.17) is 10.5 Å². The summed E-state index contributed by atoms with van der Waals surface area (Å²) in [5.41, 5.74) is 5.84. The van der Waals surface area contributed by atoms with Gasteiger partial charge >= 0.3 is 0 Å². The lowest BCUT2D eigenvalue weighted by Gasteiger charge is -2.16. The summed E-state index contributed by atoms with van der Waals surface area (Å²) in [4.78, 5) is 11.2. The number of ether oxygens (including phenoxy) is 1. The number of rotatable bonds is 6. The molecule has 1 fully saturated rings. The maximum atomic E-state index is 13.3. The van der Waals surface area contributed by atoms with Gasteiger partial charge in [0.1, 0.15) is 24.2 Å². The van der Waals surface area contributed by atoms with Gasteiger partial charge < -0.3 is 15.8 Å². The van der Waals surface area contributed by atoms with Crippen molar-refractivity contribution in [3.63, 3.8) is 0 Å². The topological polar surface area (TPSA) is 64.3 Å². The van der Waals surface area contributed by atoms with Crippen LogP contribution in [-0.4, -0.2) is 24.6 Å². The number of aryl methyl sites for hydroxylation is 1. The molecule has 3 N–H and O–H groups in total. The maximum Gasteiger partial charge on any atom is 0.238 e. The van der Waals surface area contributed by atoms with Gasteiger partial charge in [-0.3, -0.25) is 4.79 Å². The summed E-state index contributed by atoms with van der Waals surface area (Å²) in [6.45, 7) is 1.80. The Morgan fingerprint density at radius 2 is 2.33 bits per heavy atom. The van der Waals surface area contributed by atoms with E-state index in [0.29, 0.717) is 17.4 Å². The molecule has 1 aliphatic rings. The van der Waals surface area contributed by atoms with Gasteiger partial charge in [-0.1, -0.05) is 6.07 Å². The smallest absolute Gasteiger partial charge is 0.238 e. The van der Waals surface area contributed by atoms with Crippen LogP contribution in [0.1, 0.15) is 18.4 Å². The van der Waals surface area contributed by atoms with Crippen LogP contribution in [0.4, 0.5) is 4.39 Å². The fraction of sp³-hybridized carbons (Fsp3) is 0.462. The highest BCUT2D eigenvalue weighted by Gasteiger charge is 2.27. The van der Waals surface area contributed by atoms with Crippen LogP contribution in [0.5, 0.6) is 5.75 Å². The normalized spacial score (nSPS) is 16.3. The van der Waals surface area contributed by atoms with Crippen molar-refractivity contribution in [1.29, 1.82) is 0 Å². The number of nitrogens with two attached hydrogens (primary N) is 1. The van der Waals surface area contributed by atoms with E-state index in [-0.39, 0.29) is 12.4 Å². The maximum absolute atomic E-state index is 13.3. The number of carbonyl (C=O) groups excluding carboxylic acids is 1. The van der Waals surface area contributed by atoms with Gasteiger partial charge in [-0.25, -0.2) is 4.39 Å². The number of halogens is 1. The van der Waals surface area contributed by atoms with E-state index in [0.717, 1.165) is 12.8 Å². The minimum absolute atomic E-state index is 0.119. The Labute approximate surface area is 105 Å². The third kappa shape index (κ3) is 3.43. The van der Waals surface area contributed by atoms with Crippen LogP contribution in [0, 0.1) is 12.7 Å². The molecule has 0 saturated heterocycles. The lowest BCUT2D eigenvalue weighted by Crippen LogP contribution is -2.46. The second-order valence-electron chi connectivity index (χ2n) is 4.62. The molecular weight excluding hydrogens is 235 g/mol. The average Bonchev–Trinajstić information content (AvgIpc) is 3.12. The number of nitrogens with one attached hydrogen (secondary N) is 1. The van der Waals surface area contributed by atoms with Gasteiger partial charge in [0, 0.05) is 12.1 Å².